The minimum Gasteiger partial charge on any atom is -0.348 e. The maximum Gasteiger partial charge on any atom is 0.230 e. The van der Waals surface area contributed by atoms with E-state index in [-0.39, 0.29) is 11.9 Å². The lowest BCUT2D eigenvalue weighted by molar-refractivity contribution is -0.119. The van der Waals surface area contributed by atoms with Gasteiger partial charge < -0.3 is 9.88 Å². The molecule has 5 nitrogen and oxygen atoms in total. The molecule has 7 heteroatoms. The molecule has 1 atom stereocenters. The van der Waals surface area contributed by atoms with Crippen LogP contribution in [-0.2, 0) is 11.8 Å². The molecule has 2 heterocycles. The molecular formula is C18H20N4OS2. The van der Waals surface area contributed by atoms with E-state index in [0.717, 1.165) is 21.4 Å². The van der Waals surface area contributed by atoms with Crippen molar-refractivity contribution < 1.29 is 4.79 Å². The highest BCUT2D eigenvalue weighted by Gasteiger charge is 2.14. The number of carbonyl (C=O) groups excluding carboxylic acids is 1. The molecule has 0 aliphatic heterocycles. The van der Waals surface area contributed by atoms with Crippen molar-refractivity contribution in [1.29, 1.82) is 0 Å². The second-order valence-electron chi connectivity index (χ2n) is 5.82. The highest BCUT2D eigenvalue weighted by atomic mass is 32.2. The predicted molar refractivity (Wildman–Crippen MR) is 103 cm³/mol. The number of carbonyl (C=O) groups is 1. The fourth-order valence-electron chi connectivity index (χ4n) is 2.42. The van der Waals surface area contributed by atoms with E-state index in [2.05, 4.69) is 34.6 Å². The molecule has 2 aromatic heterocycles. The third-order valence-corrected chi connectivity index (χ3v) is 5.90. The highest BCUT2D eigenvalue weighted by molar-refractivity contribution is 7.99. The Morgan fingerprint density at radius 3 is 2.72 bits per heavy atom. The number of thiophene rings is 1. The van der Waals surface area contributed by atoms with Crippen LogP contribution in [0.1, 0.15) is 23.4 Å². The van der Waals surface area contributed by atoms with Crippen LogP contribution in [0.5, 0.6) is 0 Å². The Morgan fingerprint density at radius 2 is 2.04 bits per heavy atom. The van der Waals surface area contributed by atoms with Crippen molar-refractivity contribution in [2.24, 2.45) is 7.05 Å². The number of aromatic nitrogens is 3. The number of hydrogen-bond acceptors (Lipinski definition) is 5. The quantitative estimate of drug-likeness (QED) is 0.668. The fraction of sp³-hybridized carbons (Fsp3) is 0.278. The molecule has 0 saturated carbocycles. The van der Waals surface area contributed by atoms with Crippen molar-refractivity contribution in [1.82, 2.24) is 20.1 Å². The minimum atomic E-state index is -0.00853. The molecule has 3 aromatic rings. The number of hydrogen-bond donors (Lipinski definition) is 1. The van der Waals surface area contributed by atoms with E-state index in [0.29, 0.717) is 5.75 Å². The van der Waals surface area contributed by atoms with Gasteiger partial charge in [-0.1, -0.05) is 47.7 Å². The van der Waals surface area contributed by atoms with Crippen LogP contribution in [0.3, 0.4) is 0 Å². The predicted octanol–water partition coefficient (Wildman–Crippen LogP) is 3.82. The molecule has 0 fully saturated rings. The maximum atomic E-state index is 12.2. The van der Waals surface area contributed by atoms with E-state index in [1.165, 1.54) is 17.3 Å². The van der Waals surface area contributed by atoms with Crippen molar-refractivity contribution in [3.05, 3.63) is 52.2 Å². The molecule has 0 aliphatic carbocycles. The first-order valence-electron chi connectivity index (χ1n) is 7.96. The van der Waals surface area contributed by atoms with Crippen molar-refractivity contribution in [3.8, 4) is 11.4 Å². The zero-order chi connectivity index (χ0) is 17.8. The van der Waals surface area contributed by atoms with Crippen molar-refractivity contribution >= 4 is 29.0 Å². The summed E-state index contributed by atoms with van der Waals surface area (Å²) in [4.78, 5) is 13.3. The molecule has 0 saturated heterocycles. The third kappa shape index (κ3) is 4.29. The Bertz CT molecular complexity index is 841. The smallest absolute Gasteiger partial charge is 0.230 e. The lowest BCUT2D eigenvalue weighted by Gasteiger charge is -2.11. The topological polar surface area (TPSA) is 59.8 Å². The van der Waals surface area contributed by atoms with Crippen LogP contribution in [0.25, 0.3) is 11.4 Å². The lowest BCUT2D eigenvalue weighted by atomic mass is 10.1. The Labute approximate surface area is 155 Å². The van der Waals surface area contributed by atoms with Gasteiger partial charge >= 0.3 is 0 Å². The van der Waals surface area contributed by atoms with Gasteiger partial charge in [-0.05, 0) is 25.3 Å². The molecule has 0 radical (unpaired) electrons. The molecule has 1 N–H and O–H groups in total. The first kappa shape index (κ1) is 17.7. The van der Waals surface area contributed by atoms with Gasteiger partial charge in [0.25, 0.3) is 0 Å². The van der Waals surface area contributed by atoms with E-state index in [1.807, 2.05) is 48.2 Å². The first-order valence-corrected chi connectivity index (χ1v) is 9.83. The van der Waals surface area contributed by atoms with E-state index >= 15 is 0 Å². The molecule has 0 unspecified atom stereocenters. The summed E-state index contributed by atoms with van der Waals surface area (Å²) in [5, 5.41) is 14.2. The van der Waals surface area contributed by atoms with Gasteiger partial charge in [-0.2, -0.15) is 0 Å². The van der Waals surface area contributed by atoms with Crippen LogP contribution >= 0.6 is 23.1 Å². The van der Waals surface area contributed by atoms with Crippen LogP contribution in [0.4, 0.5) is 0 Å². The van der Waals surface area contributed by atoms with E-state index in [4.69, 9.17) is 0 Å². The number of nitrogens with one attached hydrogen (secondary N) is 1. The number of thioether (sulfide) groups is 1. The minimum absolute atomic E-state index is 0.00853. The molecule has 1 aromatic carbocycles. The number of nitrogens with zero attached hydrogens (tertiary/aromatic N) is 3. The monoisotopic (exact) mass is 372 g/mol. The highest BCUT2D eigenvalue weighted by Crippen LogP contribution is 2.23. The first-order chi connectivity index (χ1) is 12.0. The van der Waals surface area contributed by atoms with Crippen LogP contribution in [-0.4, -0.2) is 26.4 Å². The Kier molecular flexibility index (Phi) is 5.55. The summed E-state index contributed by atoms with van der Waals surface area (Å²) < 4.78 is 1.92. The summed E-state index contributed by atoms with van der Waals surface area (Å²) in [7, 11) is 1.92. The van der Waals surface area contributed by atoms with Crippen LogP contribution < -0.4 is 5.32 Å². The van der Waals surface area contributed by atoms with Crippen LogP contribution in [0.15, 0.2) is 46.9 Å². The summed E-state index contributed by atoms with van der Waals surface area (Å²) >= 11 is 3.04. The van der Waals surface area contributed by atoms with Gasteiger partial charge in [0.15, 0.2) is 11.0 Å². The molecular weight excluding hydrogens is 352 g/mol. The Balaban J connectivity index is 1.60. The zero-order valence-electron chi connectivity index (χ0n) is 14.4. The van der Waals surface area contributed by atoms with Gasteiger partial charge in [0.1, 0.15) is 0 Å². The largest absolute Gasteiger partial charge is 0.348 e. The van der Waals surface area contributed by atoms with Crippen LogP contribution in [0, 0.1) is 6.92 Å². The molecule has 0 bridgehead atoms. The summed E-state index contributed by atoms with van der Waals surface area (Å²) in [5.41, 5.74) is 2.22. The molecule has 130 valence electrons. The standard InChI is InChI=1S/C18H20N4OS2/c1-12-6-8-14(9-7-12)17-20-21-18(22(17)3)25-11-16(23)19-13(2)15-5-4-10-24-15/h4-10,13H,11H2,1-3H3,(H,19,23)/t13-/m0/s1. The van der Waals surface area contributed by atoms with E-state index < -0.39 is 0 Å². The second-order valence-corrected chi connectivity index (χ2v) is 7.75. The molecule has 0 spiro atoms. The maximum absolute atomic E-state index is 12.2. The molecule has 25 heavy (non-hydrogen) atoms. The third-order valence-electron chi connectivity index (χ3n) is 3.82. The molecule has 1 amide bonds. The molecule has 0 aliphatic rings. The van der Waals surface area contributed by atoms with Gasteiger partial charge in [-0.3, -0.25) is 4.79 Å². The average Bonchev–Trinajstić information content (AvgIpc) is 3.24. The fourth-order valence-corrected chi connectivity index (χ4v) is 3.87. The summed E-state index contributed by atoms with van der Waals surface area (Å²) in [6, 6.07) is 12.2. The zero-order valence-corrected chi connectivity index (χ0v) is 16.0. The van der Waals surface area contributed by atoms with Gasteiger partial charge in [-0.25, -0.2) is 0 Å². The number of benzene rings is 1. The lowest BCUT2D eigenvalue weighted by Crippen LogP contribution is -2.27. The van der Waals surface area contributed by atoms with Crippen molar-refractivity contribution in [3.63, 3.8) is 0 Å². The Morgan fingerprint density at radius 1 is 1.28 bits per heavy atom. The van der Waals surface area contributed by atoms with Crippen molar-refractivity contribution in [2.45, 2.75) is 25.0 Å². The van der Waals surface area contributed by atoms with Gasteiger partial charge in [0.2, 0.25) is 5.91 Å². The van der Waals surface area contributed by atoms with Crippen LogP contribution in [0.2, 0.25) is 0 Å². The normalized spacial score (nSPS) is 12.1. The Hall–Kier alpha value is -2.12. The SMILES string of the molecule is Cc1ccc(-c2nnc(SCC(=O)N[C@@H](C)c3cccs3)n2C)cc1. The van der Waals surface area contributed by atoms with Gasteiger partial charge in [0, 0.05) is 17.5 Å². The number of aryl methyl sites for hydroxylation is 1. The average molecular weight is 373 g/mol. The van der Waals surface area contributed by atoms with Crippen molar-refractivity contribution in [2.75, 3.05) is 5.75 Å². The molecule has 3 rings (SSSR count). The summed E-state index contributed by atoms with van der Waals surface area (Å²) in [6.45, 7) is 4.05. The van der Waals surface area contributed by atoms with E-state index in [9.17, 15) is 4.79 Å². The number of amides is 1. The van der Waals surface area contributed by atoms with Gasteiger partial charge in [0.05, 0.1) is 11.8 Å². The summed E-state index contributed by atoms with van der Waals surface area (Å²) in [6.07, 6.45) is 0. The van der Waals surface area contributed by atoms with Gasteiger partial charge in [-0.15, -0.1) is 21.5 Å². The summed E-state index contributed by atoms with van der Waals surface area (Å²) in [5.74, 6) is 1.11. The number of rotatable bonds is 6. The van der Waals surface area contributed by atoms with E-state index in [1.54, 1.807) is 11.3 Å². The second kappa shape index (κ2) is 7.84.